The van der Waals surface area contributed by atoms with Crippen LogP contribution in [-0.4, -0.2) is 35.9 Å². The number of amides is 1. The number of carbonyl (C=O) groups excluding carboxylic acids is 1. The zero-order chi connectivity index (χ0) is 14.0. The minimum Gasteiger partial charge on any atom is -0.367 e. The van der Waals surface area contributed by atoms with Gasteiger partial charge in [-0.1, -0.05) is 13.8 Å². The molecule has 0 bridgehead atoms. The third-order valence-electron chi connectivity index (χ3n) is 4.22. The Bertz CT molecular complexity index is 441. The van der Waals surface area contributed by atoms with Gasteiger partial charge in [0.25, 0.3) is 5.91 Å². The number of rotatable bonds is 3. The molecule has 1 heterocycles. The van der Waals surface area contributed by atoms with Crippen molar-refractivity contribution in [2.45, 2.75) is 32.7 Å². The van der Waals surface area contributed by atoms with Gasteiger partial charge in [-0.05, 0) is 36.8 Å². The summed E-state index contributed by atoms with van der Waals surface area (Å²) < 4.78 is 0. The van der Waals surface area contributed by atoms with Crippen molar-refractivity contribution < 1.29 is 4.79 Å². The molecule has 0 spiro atoms. The lowest BCUT2D eigenvalue weighted by atomic mass is 9.98. The molecule has 0 radical (unpaired) electrons. The largest absolute Gasteiger partial charge is 0.367 e. The molecule has 1 saturated carbocycles. The van der Waals surface area contributed by atoms with E-state index in [-0.39, 0.29) is 5.91 Å². The predicted molar refractivity (Wildman–Crippen MR) is 77.2 cm³/mol. The highest BCUT2D eigenvalue weighted by atomic mass is 16.2. The van der Waals surface area contributed by atoms with Crippen molar-refractivity contribution in [1.82, 2.24) is 9.88 Å². The molecule has 1 aliphatic rings. The van der Waals surface area contributed by atoms with Crippen molar-refractivity contribution in [3.63, 3.8) is 0 Å². The van der Waals surface area contributed by atoms with Crippen molar-refractivity contribution >= 4 is 11.7 Å². The maximum Gasteiger partial charge on any atom is 0.254 e. The maximum absolute atomic E-state index is 11.8. The van der Waals surface area contributed by atoms with Gasteiger partial charge in [-0.15, -0.1) is 0 Å². The van der Waals surface area contributed by atoms with E-state index in [1.807, 2.05) is 12.1 Å². The smallest absolute Gasteiger partial charge is 0.254 e. The third-order valence-corrected chi connectivity index (χ3v) is 4.22. The Labute approximate surface area is 115 Å². The van der Waals surface area contributed by atoms with Gasteiger partial charge < -0.3 is 10.2 Å². The molecule has 0 aliphatic heterocycles. The van der Waals surface area contributed by atoms with Crippen LogP contribution in [0.3, 0.4) is 0 Å². The first-order valence-corrected chi connectivity index (χ1v) is 6.93. The summed E-state index contributed by atoms with van der Waals surface area (Å²) in [4.78, 5) is 17.7. The fraction of sp³-hybridized carbons (Fsp3) is 0.600. The molecular weight excluding hydrogens is 238 g/mol. The number of carbonyl (C=O) groups is 1. The van der Waals surface area contributed by atoms with Crippen molar-refractivity contribution in [2.24, 2.45) is 11.8 Å². The molecule has 104 valence electrons. The summed E-state index contributed by atoms with van der Waals surface area (Å²) in [5.41, 5.74) is 0.628. The van der Waals surface area contributed by atoms with Gasteiger partial charge >= 0.3 is 0 Å². The Morgan fingerprint density at radius 3 is 2.53 bits per heavy atom. The van der Waals surface area contributed by atoms with E-state index >= 15 is 0 Å². The van der Waals surface area contributed by atoms with E-state index in [1.54, 1.807) is 25.2 Å². The molecular formula is C15H23N3O. The van der Waals surface area contributed by atoms with E-state index in [1.165, 1.54) is 12.8 Å². The zero-order valence-electron chi connectivity index (χ0n) is 12.2. The van der Waals surface area contributed by atoms with Crippen LogP contribution in [-0.2, 0) is 0 Å². The Hall–Kier alpha value is -1.58. The number of nitrogens with zero attached hydrogens (tertiary/aromatic N) is 2. The second-order valence-corrected chi connectivity index (χ2v) is 5.80. The fourth-order valence-corrected chi connectivity index (χ4v) is 2.62. The lowest BCUT2D eigenvalue weighted by Crippen LogP contribution is -2.25. The molecule has 2 rings (SSSR count). The molecule has 1 aromatic rings. The molecule has 4 nitrogen and oxygen atoms in total. The zero-order valence-corrected chi connectivity index (χ0v) is 12.2. The summed E-state index contributed by atoms with van der Waals surface area (Å²) in [6.45, 7) is 4.60. The molecule has 1 aliphatic carbocycles. The molecule has 1 fully saturated rings. The minimum absolute atomic E-state index is 0.0121. The highest BCUT2D eigenvalue weighted by Crippen LogP contribution is 2.32. The standard InChI is InChI=1S/C15H23N3O/c1-10-5-7-13(11(10)2)17-14-8-6-12(9-16-14)15(19)18(3)4/h6,8-11,13H,5,7H2,1-4H3,(H,16,17). The van der Waals surface area contributed by atoms with Gasteiger partial charge in [0, 0.05) is 26.3 Å². The Morgan fingerprint density at radius 2 is 2.05 bits per heavy atom. The molecule has 0 aromatic carbocycles. The molecule has 3 atom stereocenters. The van der Waals surface area contributed by atoms with Crippen LogP contribution in [0.2, 0.25) is 0 Å². The van der Waals surface area contributed by atoms with E-state index in [0.29, 0.717) is 17.5 Å². The Kier molecular flexibility index (Phi) is 4.08. The van der Waals surface area contributed by atoms with Crippen LogP contribution in [0.25, 0.3) is 0 Å². The first-order valence-electron chi connectivity index (χ1n) is 6.93. The van der Waals surface area contributed by atoms with Crippen LogP contribution in [0.5, 0.6) is 0 Å². The summed E-state index contributed by atoms with van der Waals surface area (Å²) in [6, 6.07) is 4.23. The monoisotopic (exact) mass is 261 g/mol. The van der Waals surface area contributed by atoms with E-state index in [0.717, 1.165) is 11.7 Å². The molecule has 1 aromatic heterocycles. The molecule has 4 heteroatoms. The molecule has 3 unspecified atom stereocenters. The Balaban J connectivity index is 2.01. The van der Waals surface area contributed by atoms with Gasteiger partial charge in [0.15, 0.2) is 0 Å². The number of anilines is 1. The highest BCUT2D eigenvalue weighted by Gasteiger charge is 2.29. The molecule has 0 saturated heterocycles. The van der Waals surface area contributed by atoms with E-state index in [2.05, 4.69) is 24.1 Å². The Morgan fingerprint density at radius 1 is 1.32 bits per heavy atom. The quantitative estimate of drug-likeness (QED) is 0.909. The highest BCUT2D eigenvalue weighted by molar-refractivity contribution is 5.93. The van der Waals surface area contributed by atoms with Crippen LogP contribution >= 0.6 is 0 Å². The SMILES string of the molecule is CC1CCC(Nc2ccc(C(=O)N(C)C)cn2)C1C. The molecule has 19 heavy (non-hydrogen) atoms. The van der Waals surface area contributed by atoms with Gasteiger partial charge in [0.05, 0.1) is 5.56 Å². The number of aromatic nitrogens is 1. The van der Waals surface area contributed by atoms with Gasteiger partial charge in [0.2, 0.25) is 0 Å². The number of hydrogen-bond acceptors (Lipinski definition) is 3. The summed E-state index contributed by atoms with van der Waals surface area (Å²) >= 11 is 0. The van der Waals surface area contributed by atoms with Crippen LogP contribution in [0.15, 0.2) is 18.3 Å². The fourth-order valence-electron chi connectivity index (χ4n) is 2.62. The van der Waals surface area contributed by atoms with E-state index in [4.69, 9.17) is 0 Å². The average Bonchev–Trinajstić information content (AvgIpc) is 2.71. The summed E-state index contributed by atoms with van der Waals surface area (Å²) in [6.07, 6.45) is 4.12. The predicted octanol–water partition coefficient (Wildman–Crippen LogP) is 2.63. The number of nitrogens with one attached hydrogen (secondary N) is 1. The summed E-state index contributed by atoms with van der Waals surface area (Å²) in [5.74, 6) is 2.29. The third kappa shape index (κ3) is 3.06. The molecule has 1 amide bonds. The second kappa shape index (κ2) is 5.59. The van der Waals surface area contributed by atoms with Crippen LogP contribution < -0.4 is 5.32 Å². The summed E-state index contributed by atoms with van der Waals surface area (Å²) in [5, 5.41) is 3.48. The van der Waals surface area contributed by atoms with E-state index < -0.39 is 0 Å². The number of pyridine rings is 1. The normalized spacial score (nSPS) is 26.2. The van der Waals surface area contributed by atoms with Crippen molar-refractivity contribution in [2.75, 3.05) is 19.4 Å². The van der Waals surface area contributed by atoms with Gasteiger partial charge in [0.1, 0.15) is 5.82 Å². The van der Waals surface area contributed by atoms with Crippen LogP contribution in [0, 0.1) is 11.8 Å². The summed E-state index contributed by atoms with van der Waals surface area (Å²) in [7, 11) is 3.49. The van der Waals surface area contributed by atoms with Crippen molar-refractivity contribution in [3.8, 4) is 0 Å². The first-order chi connectivity index (χ1) is 8.99. The number of hydrogen-bond donors (Lipinski definition) is 1. The van der Waals surface area contributed by atoms with Gasteiger partial charge in [-0.2, -0.15) is 0 Å². The topological polar surface area (TPSA) is 45.2 Å². The van der Waals surface area contributed by atoms with E-state index in [9.17, 15) is 4.79 Å². The lowest BCUT2D eigenvalue weighted by molar-refractivity contribution is 0.0827. The second-order valence-electron chi connectivity index (χ2n) is 5.80. The van der Waals surface area contributed by atoms with Crippen molar-refractivity contribution in [3.05, 3.63) is 23.9 Å². The van der Waals surface area contributed by atoms with Crippen LogP contribution in [0.4, 0.5) is 5.82 Å². The lowest BCUT2D eigenvalue weighted by Gasteiger charge is -2.20. The van der Waals surface area contributed by atoms with Crippen molar-refractivity contribution in [1.29, 1.82) is 0 Å². The molecule has 1 N–H and O–H groups in total. The average molecular weight is 261 g/mol. The minimum atomic E-state index is -0.0121. The van der Waals surface area contributed by atoms with Crippen LogP contribution in [0.1, 0.15) is 37.0 Å². The van der Waals surface area contributed by atoms with Gasteiger partial charge in [-0.3, -0.25) is 4.79 Å². The van der Waals surface area contributed by atoms with Gasteiger partial charge in [-0.25, -0.2) is 4.98 Å². The first kappa shape index (κ1) is 13.8. The maximum atomic E-state index is 11.8.